The van der Waals surface area contributed by atoms with Crippen LogP contribution in [0.25, 0.3) is 0 Å². The maximum absolute atomic E-state index is 12.9. The molecule has 0 atom stereocenters. The zero-order chi connectivity index (χ0) is 26.0. The minimum absolute atomic E-state index is 0.241. The molecule has 0 saturated carbocycles. The molecule has 7 heteroatoms. The van der Waals surface area contributed by atoms with Crippen LogP contribution in [-0.2, 0) is 13.0 Å². The third-order valence-electron chi connectivity index (χ3n) is 6.64. The molecule has 1 fully saturated rings. The molecule has 194 valence electrons. The average Bonchev–Trinajstić information content (AvgIpc) is 2.94. The predicted molar refractivity (Wildman–Crippen MR) is 146 cm³/mol. The first kappa shape index (κ1) is 26.2. The summed E-state index contributed by atoms with van der Waals surface area (Å²) < 4.78 is 10.6. The first-order valence-corrected chi connectivity index (χ1v) is 12.8. The third kappa shape index (κ3) is 7.11. The minimum Gasteiger partial charge on any atom is -0.493 e. The van der Waals surface area contributed by atoms with E-state index >= 15 is 0 Å². The van der Waals surface area contributed by atoms with Crippen LogP contribution in [0.3, 0.4) is 0 Å². The van der Waals surface area contributed by atoms with Crippen molar-refractivity contribution in [3.05, 3.63) is 89.0 Å². The number of para-hydroxylation sites is 1. The lowest BCUT2D eigenvalue weighted by atomic mass is 10.1. The fraction of sp³-hybridized carbons (Fsp3) is 0.333. The molecule has 0 bridgehead atoms. The van der Waals surface area contributed by atoms with E-state index in [2.05, 4.69) is 15.5 Å². The molecule has 1 aliphatic heterocycles. The second-order valence-electron chi connectivity index (χ2n) is 9.23. The van der Waals surface area contributed by atoms with Gasteiger partial charge in [-0.15, -0.1) is 0 Å². The molecule has 0 unspecified atom stereocenters. The number of ether oxygens (including phenoxy) is 2. The molecular formula is C30H35N3O4. The summed E-state index contributed by atoms with van der Waals surface area (Å²) in [6.07, 6.45) is 4.45. The summed E-state index contributed by atoms with van der Waals surface area (Å²) in [5.74, 6) is 0.832. The van der Waals surface area contributed by atoms with E-state index in [9.17, 15) is 9.59 Å². The third-order valence-corrected chi connectivity index (χ3v) is 6.64. The van der Waals surface area contributed by atoms with Crippen LogP contribution in [0.15, 0.2) is 66.7 Å². The number of carbonyl (C=O) groups is 2. The maximum Gasteiger partial charge on any atom is 0.255 e. The molecule has 1 aliphatic rings. The van der Waals surface area contributed by atoms with Crippen molar-refractivity contribution in [3.63, 3.8) is 0 Å². The standard InChI is InChI=1S/C30H35N3O4/c1-36-27-15-12-22(20-28(27)37-2)16-17-31-30(35)25-8-4-5-9-26(25)32-29(34)24-13-10-23(11-14-24)21-33-18-6-3-7-19-33/h4-5,8-15,20H,3,6-7,16-19,21H2,1-2H3,(H,31,35)(H,32,34). The number of likely N-dealkylation sites (tertiary alicyclic amines) is 1. The zero-order valence-electron chi connectivity index (χ0n) is 21.6. The number of hydrogen-bond donors (Lipinski definition) is 2. The van der Waals surface area contributed by atoms with Crippen LogP contribution in [-0.4, -0.2) is 50.6 Å². The molecule has 4 rings (SSSR count). The lowest BCUT2D eigenvalue weighted by Crippen LogP contribution is -2.29. The quantitative estimate of drug-likeness (QED) is 0.413. The molecule has 1 heterocycles. The number of benzene rings is 3. The summed E-state index contributed by atoms with van der Waals surface area (Å²) in [6.45, 7) is 3.62. The lowest BCUT2D eigenvalue weighted by Gasteiger charge is -2.26. The van der Waals surface area contributed by atoms with Crippen molar-refractivity contribution in [2.75, 3.05) is 39.2 Å². The van der Waals surface area contributed by atoms with Gasteiger partial charge in [-0.25, -0.2) is 0 Å². The Morgan fingerprint density at radius 1 is 0.811 bits per heavy atom. The normalized spacial score (nSPS) is 13.6. The highest BCUT2D eigenvalue weighted by molar-refractivity contribution is 6.09. The van der Waals surface area contributed by atoms with Crippen molar-refractivity contribution in [3.8, 4) is 11.5 Å². The summed E-state index contributed by atoms with van der Waals surface area (Å²) in [7, 11) is 3.19. The van der Waals surface area contributed by atoms with Gasteiger partial charge in [-0.3, -0.25) is 14.5 Å². The van der Waals surface area contributed by atoms with Crippen LogP contribution >= 0.6 is 0 Å². The number of methoxy groups -OCH3 is 2. The minimum atomic E-state index is -0.242. The van der Waals surface area contributed by atoms with E-state index < -0.39 is 0 Å². The molecule has 0 aliphatic carbocycles. The van der Waals surface area contributed by atoms with Crippen molar-refractivity contribution < 1.29 is 19.1 Å². The molecule has 7 nitrogen and oxygen atoms in total. The maximum atomic E-state index is 12.9. The zero-order valence-corrected chi connectivity index (χ0v) is 21.6. The molecule has 1 saturated heterocycles. The van der Waals surface area contributed by atoms with Gasteiger partial charge in [0.1, 0.15) is 0 Å². The smallest absolute Gasteiger partial charge is 0.255 e. The number of nitrogens with one attached hydrogen (secondary N) is 2. The number of nitrogens with zero attached hydrogens (tertiary/aromatic N) is 1. The van der Waals surface area contributed by atoms with Crippen LogP contribution in [0.2, 0.25) is 0 Å². The molecule has 2 amide bonds. The van der Waals surface area contributed by atoms with Crippen molar-refractivity contribution in [1.82, 2.24) is 10.2 Å². The summed E-state index contributed by atoms with van der Waals surface area (Å²) in [5.41, 5.74) is 3.68. The Bertz CT molecular complexity index is 1200. The van der Waals surface area contributed by atoms with Crippen LogP contribution in [0.1, 0.15) is 51.1 Å². The van der Waals surface area contributed by atoms with E-state index in [-0.39, 0.29) is 11.8 Å². The van der Waals surface area contributed by atoms with Crippen molar-refractivity contribution in [1.29, 1.82) is 0 Å². The largest absolute Gasteiger partial charge is 0.493 e. The van der Waals surface area contributed by atoms with E-state index in [0.29, 0.717) is 41.3 Å². The summed E-state index contributed by atoms with van der Waals surface area (Å²) in [5, 5.41) is 5.85. The highest BCUT2D eigenvalue weighted by Gasteiger charge is 2.15. The molecule has 3 aromatic carbocycles. The topological polar surface area (TPSA) is 79.9 Å². The second-order valence-corrected chi connectivity index (χ2v) is 9.23. The van der Waals surface area contributed by atoms with Crippen LogP contribution in [0.4, 0.5) is 5.69 Å². The molecule has 3 aromatic rings. The molecule has 0 spiro atoms. The van der Waals surface area contributed by atoms with Crippen molar-refractivity contribution >= 4 is 17.5 Å². The average molecular weight is 502 g/mol. The fourth-order valence-corrected chi connectivity index (χ4v) is 4.57. The van der Waals surface area contributed by atoms with Gasteiger partial charge in [0.15, 0.2) is 11.5 Å². The first-order chi connectivity index (χ1) is 18.1. The Labute approximate surface area is 218 Å². The van der Waals surface area contributed by atoms with E-state index in [1.807, 2.05) is 42.5 Å². The Hall–Kier alpha value is -3.84. The molecule has 0 radical (unpaired) electrons. The monoisotopic (exact) mass is 501 g/mol. The van der Waals surface area contributed by atoms with Gasteiger partial charge in [0.05, 0.1) is 25.5 Å². The van der Waals surface area contributed by atoms with Crippen molar-refractivity contribution in [2.24, 2.45) is 0 Å². The molecule has 2 N–H and O–H groups in total. The van der Waals surface area contributed by atoms with E-state index in [1.54, 1.807) is 38.5 Å². The summed E-state index contributed by atoms with van der Waals surface area (Å²) in [6, 6.07) is 20.5. The highest BCUT2D eigenvalue weighted by atomic mass is 16.5. The summed E-state index contributed by atoms with van der Waals surface area (Å²) >= 11 is 0. The number of hydrogen-bond acceptors (Lipinski definition) is 5. The van der Waals surface area contributed by atoms with Gasteiger partial charge in [0, 0.05) is 18.7 Å². The van der Waals surface area contributed by atoms with Crippen LogP contribution in [0.5, 0.6) is 11.5 Å². The SMILES string of the molecule is COc1ccc(CCNC(=O)c2ccccc2NC(=O)c2ccc(CN3CCCCC3)cc2)cc1OC. The predicted octanol–water partition coefficient (Wildman–Crippen LogP) is 4.91. The fourth-order valence-electron chi connectivity index (χ4n) is 4.57. The number of carbonyl (C=O) groups excluding carboxylic acids is 2. The van der Waals surface area contributed by atoms with Gasteiger partial charge >= 0.3 is 0 Å². The van der Waals surface area contributed by atoms with Gasteiger partial charge in [-0.1, -0.05) is 36.8 Å². The number of anilines is 1. The lowest BCUT2D eigenvalue weighted by molar-refractivity contribution is 0.0955. The van der Waals surface area contributed by atoms with E-state index in [0.717, 1.165) is 25.2 Å². The number of amides is 2. The highest BCUT2D eigenvalue weighted by Crippen LogP contribution is 2.27. The first-order valence-electron chi connectivity index (χ1n) is 12.8. The Balaban J connectivity index is 1.33. The van der Waals surface area contributed by atoms with Gasteiger partial charge in [0.2, 0.25) is 0 Å². The van der Waals surface area contributed by atoms with Crippen molar-refractivity contribution in [2.45, 2.75) is 32.2 Å². The summed E-state index contributed by atoms with van der Waals surface area (Å²) in [4.78, 5) is 28.3. The van der Waals surface area contributed by atoms with Gasteiger partial charge in [-0.05, 0) is 79.9 Å². The number of rotatable bonds is 10. The molecule has 0 aromatic heterocycles. The van der Waals surface area contributed by atoms with Crippen LogP contribution < -0.4 is 20.1 Å². The van der Waals surface area contributed by atoms with Gasteiger partial charge < -0.3 is 20.1 Å². The number of piperidine rings is 1. The molecular weight excluding hydrogens is 466 g/mol. The van der Waals surface area contributed by atoms with Crippen LogP contribution in [0, 0.1) is 0 Å². The van der Waals surface area contributed by atoms with E-state index in [1.165, 1.54) is 24.8 Å². The van der Waals surface area contributed by atoms with Gasteiger partial charge in [-0.2, -0.15) is 0 Å². The second kappa shape index (κ2) is 12.9. The Morgan fingerprint density at radius 2 is 1.51 bits per heavy atom. The van der Waals surface area contributed by atoms with Gasteiger partial charge in [0.25, 0.3) is 11.8 Å². The van der Waals surface area contributed by atoms with E-state index in [4.69, 9.17) is 9.47 Å². The Morgan fingerprint density at radius 3 is 2.24 bits per heavy atom. The molecule has 37 heavy (non-hydrogen) atoms. The Kier molecular flexibility index (Phi) is 9.16.